The number of piperazine rings is 1. The van der Waals surface area contributed by atoms with Gasteiger partial charge in [-0.3, -0.25) is 14.3 Å². The van der Waals surface area contributed by atoms with E-state index in [-0.39, 0.29) is 5.91 Å². The van der Waals surface area contributed by atoms with Gasteiger partial charge in [-0.15, -0.1) is 10.2 Å². The van der Waals surface area contributed by atoms with Crippen molar-refractivity contribution in [2.45, 2.75) is 37.9 Å². The summed E-state index contributed by atoms with van der Waals surface area (Å²) in [6.45, 7) is 7.56. The highest BCUT2D eigenvalue weighted by Gasteiger charge is 2.31. The second-order valence-electron chi connectivity index (χ2n) is 8.52. The Balaban J connectivity index is 1.21. The zero-order valence-electron chi connectivity index (χ0n) is 18.6. The zero-order chi connectivity index (χ0) is 22.1. The molecule has 1 saturated carbocycles. The van der Waals surface area contributed by atoms with Crippen LogP contribution in [0.3, 0.4) is 0 Å². The average Bonchev–Trinajstić information content (AvgIpc) is 3.58. The minimum Gasteiger partial charge on any atom is -0.368 e. The number of carbonyl (C=O) groups excluding carboxylic acids is 1. The zero-order valence-corrected chi connectivity index (χ0v) is 19.4. The number of amides is 1. The Labute approximate surface area is 192 Å². The van der Waals surface area contributed by atoms with Crippen molar-refractivity contribution in [2.75, 3.05) is 36.8 Å². The SMILES string of the molecule is Cc1cccc(N2CCN(C(=O)CSc3nnc(-c4cccnc4)n3C3CC3)CC2)c1C. The smallest absolute Gasteiger partial charge is 0.233 e. The Morgan fingerprint density at radius 1 is 1.06 bits per heavy atom. The lowest BCUT2D eigenvalue weighted by Gasteiger charge is -2.37. The molecule has 0 bridgehead atoms. The van der Waals surface area contributed by atoms with Gasteiger partial charge < -0.3 is 9.80 Å². The second-order valence-corrected chi connectivity index (χ2v) is 9.47. The predicted molar refractivity (Wildman–Crippen MR) is 127 cm³/mol. The molecule has 0 N–H and O–H groups in total. The molecule has 0 spiro atoms. The molecule has 8 heteroatoms. The number of benzene rings is 1. The van der Waals surface area contributed by atoms with E-state index in [1.165, 1.54) is 28.6 Å². The molecule has 32 heavy (non-hydrogen) atoms. The maximum Gasteiger partial charge on any atom is 0.233 e. The highest BCUT2D eigenvalue weighted by atomic mass is 32.2. The van der Waals surface area contributed by atoms with Gasteiger partial charge >= 0.3 is 0 Å². The Kier molecular flexibility index (Phi) is 5.87. The average molecular weight is 449 g/mol. The standard InChI is InChI=1S/C24H28N6OS/c1-17-5-3-7-21(18(17)2)28-11-13-29(14-12-28)22(31)16-32-24-27-26-23(30(24)20-8-9-20)19-6-4-10-25-15-19/h3-7,10,15,20H,8-9,11-14,16H2,1-2H3. The van der Waals surface area contributed by atoms with E-state index in [1.54, 1.807) is 6.20 Å². The first-order chi connectivity index (χ1) is 15.6. The van der Waals surface area contributed by atoms with Crippen LogP contribution in [0, 0.1) is 13.8 Å². The lowest BCUT2D eigenvalue weighted by Crippen LogP contribution is -2.49. The summed E-state index contributed by atoms with van der Waals surface area (Å²) in [5.41, 5.74) is 4.88. The van der Waals surface area contributed by atoms with Crippen molar-refractivity contribution >= 4 is 23.4 Å². The van der Waals surface area contributed by atoms with Gasteiger partial charge in [0.15, 0.2) is 11.0 Å². The summed E-state index contributed by atoms with van der Waals surface area (Å²) in [5.74, 6) is 1.41. The third kappa shape index (κ3) is 4.24. The number of thioether (sulfide) groups is 1. The second kappa shape index (κ2) is 8.94. The number of aryl methyl sites for hydroxylation is 1. The molecule has 2 aliphatic rings. The van der Waals surface area contributed by atoms with Crippen LogP contribution in [0.15, 0.2) is 47.9 Å². The topological polar surface area (TPSA) is 67.2 Å². The summed E-state index contributed by atoms with van der Waals surface area (Å²) in [6.07, 6.45) is 5.84. The Morgan fingerprint density at radius 3 is 2.59 bits per heavy atom. The number of anilines is 1. The fraction of sp³-hybridized carbons (Fsp3) is 0.417. The van der Waals surface area contributed by atoms with E-state index in [1.807, 2.05) is 23.2 Å². The third-order valence-electron chi connectivity index (χ3n) is 6.37. The summed E-state index contributed by atoms with van der Waals surface area (Å²) < 4.78 is 2.19. The number of hydrogen-bond acceptors (Lipinski definition) is 6. The molecule has 1 aliphatic heterocycles. The predicted octanol–water partition coefficient (Wildman–Crippen LogP) is 3.73. The van der Waals surface area contributed by atoms with Gasteiger partial charge in [0.05, 0.1) is 5.75 Å². The van der Waals surface area contributed by atoms with Crippen LogP contribution in [0.25, 0.3) is 11.4 Å². The van der Waals surface area contributed by atoms with E-state index in [0.717, 1.165) is 55.6 Å². The van der Waals surface area contributed by atoms with Crippen molar-refractivity contribution in [3.63, 3.8) is 0 Å². The fourth-order valence-electron chi connectivity index (χ4n) is 4.22. The molecule has 0 atom stereocenters. The molecule has 166 valence electrons. The summed E-state index contributed by atoms with van der Waals surface area (Å²) >= 11 is 1.50. The summed E-state index contributed by atoms with van der Waals surface area (Å²) in [7, 11) is 0. The molecule has 5 rings (SSSR count). The Morgan fingerprint density at radius 2 is 1.88 bits per heavy atom. The van der Waals surface area contributed by atoms with E-state index >= 15 is 0 Å². The highest BCUT2D eigenvalue weighted by Crippen LogP contribution is 2.41. The summed E-state index contributed by atoms with van der Waals surface area (Å²) in [6, 6.07) is 10.8. The normalized spacial score (nSPS) is 16.4. The quantitative estimate of drug-likeness (QED) is 0.535. The van der Waals surface area contributed by atoms with Crippen LogP contribution in [0.2, 0.25) is 0 Å². The molecule has 3 aromatic rings. The molecular weight excluding hydrogens is 420 g/mol. The van der Waals surface area contributed by atoms with Crippen molar-refractivity contribution in [1.82, 2.24) is 24.6 Å². The number of pyridine rings is 1. The van der Waals surface area contributed by atoms with E-state index in [0.29, 0.717) is 11.8 Å². The minimum absolute atomic E-state index is 0.170. The van der Waals surface area contributed by atoms with Crippen molar-refractivity contribution < 1.29 is 4.79 Å². The number of carbonyl (C=O) groups is 1. The fourth-order valence-corrected chi connectivity index (χ4v) is 5.13. The lowest BCUT2D eigenvalue weighted by atomic mass is 10.1. The van der Waals surface area contributed by atoms with Crippen LogP contribution >= 0.6 is 11.8 Å². The third-order valence-corrected chi connectivity index (χ3v) is 7.30. The van der Waals surface area contributed by atoms with Crippen molar-refractivity contribution in [1.29, 1.82) is 0 Å². The number of hydrogen-bond donors (Lipinski definition) is 0. The van der Waals surface area contributed by atoms with E-state index in [4.69, 9.17) is 0 Å². The molecule has 7 nitrogen and oxygen atoms in total. The maximum atomic E-state index is 12.9. The van der Waals surface area contributed by atoms with Crippen LogP contribution in [-0.2, 0) is 4.79 Å². The van der Waals surface area contributed by atoms with Crippen LogP contribution in [0.1, 0.15) is 30.0 Å². The van der Waals surface area contributed by atoms with Crippen LogP contribution in [0.5, 0.6) is 0 Å². The Bertz CT molecular complexity index is 1100. The van der Waals surface area contributed by atoms with E-state index in [9.17, 15) is 4.79 Å². The van der Waals surface area contributed by atoms with Gasteiger partial charge in [-0.1, -0.05) is 23.9 Å². The molecule has 1 saturated heterocycles. The number of aromatic nitrogens is 4. The molecule has 1 aliphatic carbocycles. The maximum absolute atomic E-state index is 12.9. The summed E-state index contributed by atoms with van der Waals surface area (Å²) in [5, 5.41) is 9.65. The molecule has 2 aromatic heterocycles. The molecule has 0 unspecified atom stereocenters. The van der Waals surface area contributed by atoms with Crippen LogP contribution in [0.4, 0.5) is 5.69 Å². The first-order valence-electron chi connectivity index (χ1n) is 11.2. The number of rotatable bonds is 6. The number of nitrogens with zero attached hydrogens (tertiary/aromatic N) is 6. The van der Waals surface area contributed by atoms with Gasteiger partial charge in [0.1, 0.15) is 0 Å². The van der Waals surface area contributed by atoms with E-state index < -0.39 is 0 Å². The monoisotopic (exact) mass is 448 g/mol. The molecule has 1 aromatic carbocycles. The first kappa shape index (κ1) is 21.0. The summed E-state index contributed by atoms with van der Waals surface area (Å²) in [4.78, 5) is 21.5. The molecule has 0 radical (unpaired) electrons. The highest BCUT2D eigenvalue weighted by molar-refractivity contribution is 7.99. The molecule has 1 amide bonds. The van der Waals surface area contributed by atoms with Crippen LogP contribution < -0.4 is 4.90 Å². The van der Waals surface area contributed by atoms with Crippen molar-refractivity contribution in [3.05, 3.63) is 53.9 Å². The van der Waals surface area contributed by atoms with Crippen molar-refractivity contribution in [3.8, 4) is 11.4 Å². The van der Waals surface area contributed by atoms with Gasteiger partial charge in [0, 0.05) is 55.9 Å². The molecular formula is C24H28N6OS. The molecule has 2 fully saturated rings. The minimum atomic E-state index is 0.170. The van der Waals surface area contributed by atoms with Gasteiger partial charge in [-0.25, -0.2) is 0 Å². The molecule has 3 heterocycles. The lowest BCUT2D eigenvalue weighted by molar-refractivity contribution is -0.128. The van der Waals surface area contributed by atoms with Gasteiger partial charge in [-0.05, 0) is 56.0 Å². The first-order valence-corrected chi connectivity index (χ1v) is 12.2. The van der Waals surface area contributed by atoms with Crippen molar-refractivity contribution in [2.24, 2.45) is 0 Å². The Hall–Kier alpha value is -2.87. The largest absolute Gasteiger partial charge is 0.368 e. The van der Waals surface area contributed by atoms with Crippen LogP contribution in [-0.4, -0.2) is 62.5 Å². The van der Waals surface area contributed by atoms with Gasteiger partial charge in [0.25, 0.3) is 0 Å². The van der Waals surface area contributed by atoms with E-state index in [2.05, 4.69) is 56.7 Å². The van der Waals surface area contributed by atoms with Gasteiger partial charge in [0.2, 0.25) is 5.91 Å². The van der Waals surface area contributed by atoms with Gasteiger partial charge in [-0.2, -0.15) is 0 Å².